The first kappa shape index (κ1) is 21.5. The summed E-state index contributed by atoms with van der Waals surface area (Å²) < 4.78 is 0. The van der Waals surface area contributed by atoms with E-state index in [9.17, 15) is 9.59 Å². The molecule has 3 rings (SSSR count). The first-order valence-corrected chi connectivity index (χ1v) is 10.9. The number of rotatable bonds is 8. The molecule has 2 N–H and O–H groups in total. The van der Waals surface area contributed by atoms with E-state index in [1.807, 2.05) is 61.7 Å². The Labute approximate surface area is 181 Å². The van der Waals surface area contributed by atoms with Crippen LogP contribution in [0, 0.1) is 6.92 Å². The fraction of sp³-hybridized carbons (Fsp3) is 0.200. The minimum Gasteiger partial charge on any atom is -0.348 e. The Kier molecular flexibility index (Phi) is 7.57. The van der Waals surface area contributed by atoms with Crippen LogP contribution in [0.5, 0.6) is 0 Å². The van der Waals surface area contributed by atoms with Gasteiger partial charge in [0.15, 0.2) is 0 Å². The number of carbonyl (C=O) groups excluding carboxylic acids is 2. The smallest absolute Gasteiger partial charge is 0.268 e. The van der Waals surface area contributed by atoms with E-state index >= 15 is 0 Å². The molecule has 4 nitrogen and oxygen atoms in total. The molecule has 30 heavy (non-hydrogen) atoms. The first-order valence-electron chi connectivity index (χ1n) is 9.99. The zero-order chi connectivity index (χ0) is 21.3. The quantitative estimate of drug-likeness (QED) is 0.508. The summed E-state index contributed by atoms with van der Waals surface area (Å²) in [5, 5.41) is 7.73. The van der Waals surface area contributed by atoms with Gasteiger partial charge in [0.05, 0.1) is 0 Å². The summed E-state index contributed by atoms with van der Waals surface area (Å²) in [7, 11) is 0. The summed E-state index contributed by atoms with van der Waals surface area (Å²) in [5.74, 6) is -0.589. The zero-order valence-corrected chi connectivity index (χ0v) is 18.0. The summed E-state index contributed by atoms with van der Waals surface area (Å²) in [6.07, 6.45) is 3.41. The van der Waals surface area contributed by atoms with E-state index in [1.165, 1.54) is 16.9 Å². The lowest BCUT2D eigenvalue weighted by atomic mass is 10.1. The Hall–Kier alpha value is -3.18. The Morgan fingerprint density at radius 2 is 1.73 bits per heavy atom. The predicted molar refractivity (Wildman–Crippen MR) is 123 cm³/mol. The lowest BCUT2D eigenvalue weighted by Crippen LogP contribution is -2.39. The molecule has 0 bridgehead atoms. The Balaban J connectivity index is 1.67. The number of nitrogens with one attached hydrogen (secondary N) is 2. The second kappa shape index (κ2) is 10.6. The molecule has 0 radical (unpaired) electrons. The van der Waals surface area contributed by atoms with Gasteiger partial charge in [0, 0.05) is 16.5 Å². The van der Waals surface area contributed by atoms with E-state index in [0.29, 0.717) is 5.56 Å². The van der Waals surface area contributed by atoms with Gasteiger partial charge in [-0.15, -0.1) is 11.3 Å². The van der Waals surface area contributed by atoms with Crippen LogP contribution in [-0.2, 0) is 11.2 Å². The van der Waals surface area contributed by atoms with Gasteiger partial charge in [-0.2, -0.15) is 0 Å². The number of hydrogen-bond donors (Lipinski definition) is 2. The van der Waals surface area contributed by atoms with Gasteiger partial charge in [-0.05, 0) is 61.9 Å². The summed E-state index contributed by atoms with van der Waals surface area (Å²) in [6.45, 7) is 3.94. The first-order chi connectivity index (χ1) is 14.5. The molecule has 0 aliphatic carbocycles. The van der Waals surface area contributed by atoms with Crippen molar-refractivity contribution in [3.05, 3.63) is 99.4 Å². The molecule has 154 valence electrons. The molecule has 2 amide bonds. The second-order valence-corrected chi connectivity index (χ2v) is 8.27. The third-order valence-corrected chi connectivity index (χ3v) is 5.54. The topological polar surface area (TPSA) is 58.2 Å². The molecule has 0 aliphatic rings. The Morgan fingerprint density at radius 3 is 2.40 bits per heavy atom. The van der Waals surface area contributed by atoms with Crippen molar-refractivity contribution in [2.24, 2.45) is 0 Å². The van der Waals surface area contributed by atoms with Crippen molar-refractivity contribution < 1.29 is 9.59 Å². The highest BCUT2D eigenvalue weighted by atomic mass is 32.1. The average molecular weight is 419 g/mol. The van der Waals surface area contributed by atoms with E-state index in [2.05, 4.69) is 22.8 Å². The van der Waals surface area contributed by atoms with Crippen molar-refractivity contribution in [3.8, 4) is 0 Å². The molecular weight excluding hydrogens is 392 g/mol. The lowest BCUT2D eigenvalue weighted by molar-refractivity contribution is -0.118. The van der Waals surface area contributed by atoms with Crippen LogP contribution in [0.15, 0.2) is 77.8 Å². The number of hydrogen-bond acceptors (Lipinski definition) is 3. The van der Waals surface area contributed by atoms with Gasteiger partial charge in [-0.3, -0.25) is 9.59 Å². The lowest BCUT2D eigenvalue weighted by Gasteiger charge is -2.16. The minimum atomic E-state index is -0.301. The van der Waals surface area contributed by atoms with Gasteiger partial charge in [-0.1, -0.05) is 54.1 Å². The van der Waals surface area contributed by atoms with E-state index in [0.717, 1.165) is 23.3 Å². The van der Waals surface area contributed by atoms with E-state index in [4.69, 9.17) is 0 Å². The van der Waals surface area contributed by atoms with Crippen LogP contribution in [0.1, 0.15) is 39.7 Å². The molecule has 1 atom stereocenters. The van der Waals surface area contributed by atoms with Gasteiger partial charge in [0.2, 0.25) is 0 Å². The Bertz CT molecular complexity index is 993. The zero-order valence-electron chi connectivity index (χ0n) is 17.2. The third-order valence-electron chi connectivity index (χ3n) is 4.72. The molecule has 1 aromatic heterocycles. The molecule has 0 aliphatic heterocycles. The largest absolute Gasteiger partial charge is 0.348 e. The van der Waals surface area contributed by atoms with Crippen molar-refractivity contribution in [2.45, 2.75) is 32.7 Å². The average Bonchev–Trinajstić information content (AvgIpc) is 3.26. The van der Waals surface area contributed by atoms with E-state index in [-0.39, 0.29) is 23.6 Å². The van der Waals surface area contributed by atoms with Gasteiger partial charge in [0.1, 0.15) is 5.70 Å². The number of amides is 2. The van der Waals surface area contributed by atoms with Gasteiger partial charge in [-0.25, -0.2) is 0 Å². The predicted octanol–water partition coefficient (Wildman–Crippen LogP) is 4.96. The normalized spacial score (nSPS) is 12.3. The van der Waals surface area contributed by atoms with Crippen molar-refractivity contribution in [3.63, 3.8) is 0 Å². The van der Waals surface area contributed by atoms with E-state index in [1.54, 1.807) is 18.2 Å². The fourth-order valence-electron chi connectivity index (χ4n) is 2.98. The summed E-state index contributed by atoms with van der Waals surface area (Å²) in [4.78, 5) is 26.5. The fourth-order valence-corrected chi connectivity index (χ4v) is 3.63. The van der Waals surface area contributed by atoms with Crippen LogP contribution in [0.25, 0.3) is 6.08 Å². The van der Waals surface area contributed by atoms with Crippen LogP contribution >= 0.6 is 11.3 Å². The van der Waals surface area contributed by atoms with Gasteiger partial charge in [0.25, 0.3) is 11.8 Å². The van der Waals surface area contributed by atoms with Crippen molar-refractivity contribution >= 4 is 29.2 Å². The van der Waals surface area contributed by atoms with Gasteiger partial charge < -0.3 is 10.6 Å². The highest BCUT2D eigenvalue weighted by Gasteiger charge is 2.17. The number of aryl methyl sites for hydroxylation is 2. The molecule has 0 saturated carbocycles. The molecule has 0 unspecified atom stereocenters. The van der Waals surface area contributed by atoms with Crippen molar-refractivity contribution in [1.29, 1.82) is 0 Å². The number of carbonyl (C=O) groups is 2. The minimum absolute atomic E-state index is 0.0271. The maximum absolute atomic E-state index is 12.9. The van der Waals surface area contributed by atoms with E-state index < -0.39 is 0 Å². The van der Waals surface area contributed by atoms with Crippen molar-refractivity contribution in [2.75, 3.05) is 0 Å². The Morgan fingerprint density at radius 1 is 1.00 bits per heavy atom. The number of benzene rings is 2. The molecule has 0 spiro atoms. The van der Waals surface area contributed by atoms with Crippen LogP contribution in [0.3, 0.4) is 0 Å². The molecule has 3 aromatic rings. The monoisotopic (exact) mass is 418 g/mol. The highest BCUT2D eigenvalue weighted by molar-refractivity contribution is 7.10. The van der Waals surface area contributed by atoms with Crippen LogP contribution in [0.2, 0.25) is 0 Å². The molecule has 5 heteroatoms. The summed E-state index contributed by atoms with van der Waals surface area (Å²) >= 11 is 1.51. The van der Waals surface area contributed by atoms with Crippen molar-refractivity contribution in [1.82, 2.24) is 10.6 Å². The highest BCUT2D eigenvalue weighted by Crippen LogP contribution is 2.14. The third kappa shape index (κ3) is 6.42. The molecule has 2 aromatic carbocycles. The van der Waals surface area contributed by atoms with Crippen LogP contribution < -0.4 is 10.6 Å². The van der Waals surface area contributed by atoms with Crippen LogP contribution in [-0.4, -0.2) is 17.9 Å². The maximum Gasteiger partial charge on any atom is 0.268 e. The molecule has 0 saturated heterocycles. The second-order valence-electron chi connectivity index (χ2n) is 7.29. The molecular formula is C25H26N2O2S. The summed E-state index contributed by atoms with van der Waals surface area (Å²) in [5.41, 5.74) is 3.07. The SMILES string of the molecule is Cc1ccc(C(=O)N/C(=C\c2cccs2)C(=O)N[C@H](C)CCc2ccccc2)cc1. The molecule has 1 heterocycles. The summed E-state index contributed by atoms with van der Waals surface area (Å²) in [6, 6.07) is 21.3. The molecule has 0 fully saturated rings. The maximum atomic E-state index is 12.9. The standard InChI is InChI=1S/C25H26N2O2S/c1-18-10-14-21(15-11-18)24(28)27-23(17-22-9-6-16-30-22)25(29)26-19(2)12-13-20-7-4-3-5-8-20/h3-11,14-17,19H,12-13H2,1-2H3,(H,26,29)(H,27,28)/b23-17-/t19-/m1/s1. The number of thiophene rings is 1. The van der Waals surface area contributed by atoms with Gasteiger partial charge >= 0.3 is 0 Å². The van der Waals surface area contributed by atoms with Crippen LogP contribution in [0.4, 0.5) is 0 Å².